The van der Waals surface area contributed by atoms with Gasteiger partial charge in [0.1, 0.15) is 14.8 Å². The van der Waals surface area contributed by atoms with Gasteiger partial charge < -0.3 is 0 Å². The van der Waals surface area contributed by atoms with Crippen LogP contribution in [0.4, 0.5) is 0 Å². The molecule has 3 rings (SSSR count). The highest BCUT2D eigenvalue weighted by molar-refractivity contribution is 7.89. The third kappa shape index (κ3) is 3.94. The third-order valence-corrected chi connectivity index (χ3v) is 6.40. The first-order valence-corrected chi connectivity index (χ1v) is 10.2. The highest BCUT2D eigenvalue weighted by atomic mass is 35.5. The average Bonchev–Trinajstić information content (AvgIpc) is 3.03. The molecule has 1 aromatic heterocycles. The Bertz CT molecular complexity index is 1050. The maximum absolute atomic E-state index is 12.4. The van der Waals surface area contributed by atoms with Crippen LogP contribution in [0.5, 0.6) is 0 Å². The van der Waals surface area contributed by atoms with Crippen LogP contribution in [0.1, 0.15) is 15.4 Å². The molecule has 3 aromatic rings. The van der Waals surface area contributed by atoms with Crippen molar-refractivity contribution in [3.63, 3.8) is 0 Å². The lowest BCUT2D eigenvalue weighted by Crippen LogP contribution is -2.41. The van der Waals surface area contributed by atoms with E-state index in [2.05, 4.69) is 15.2 Å². The van der Waals surface area contributed by atoms with Crippen molar-refractivity contribution in [2.24, 2.45) is 0 Å². The quantitative estimate of drug-likeness (QED) is 0.634. The average molecular weight is 408 g/mol. The van der Waals surface area contributed by atoms with Crippen molar-refractivity contribution in [2.75, 3.05) is 0 Å². The fourth-order valence-corrected chi connectivity index (χ4v) is 4.53. The predicted molar refractivity (Wildman–Crippen MR) is 102 cm³/mol. The number of hydrogen-bond acceptors (Lipinski definition) is 5. The smallest absolute Gasteiger partial charge is 0.273 e. The standard InChI is InChI=1S/C17H14ClN3O3S2/c1-11-15(25-17(19-11)12-7-3-2-4-8-12)16(22)20-21-26(23,24)14-10-6-5-9-13(14)18/h2-10,21H,1H3,(H,20,22). The zero-order chi connectivity index (χ0) is 18.7. The highest BCUT2D eigenvalue weighted by Gasteiger charge is 2.21. The van der Waals surface area contributed by atoms with Crippen molar-refractivity contribution >= 4 is 38.9 Å². The normalized spacial score (nSPS) is 11.3. The molecule has 0 spiro atoms. The molecular weight excluding hydrogens is 394 g/mol. The summed E-state index contributed by atoms with van der Waals surface area (Å²) in [6, 6.07) is 15.4. The van der Waals surface area contributed by atoms with Gasteiger partial charge in [-0.1, -0.05) is 54.1 Å². The van der Waals surface area contributed by atoms with Crippen molar-refractivity contribution in [1.29, 1.82) is 0 Å². The van der Waals surface area contributed by atoms with Crippen LogP contribution in [-0.4, -0.2) is 19.3 Å². The lowest BCUT2D eigenvalue weighted by Gasteiger charge is -2.09. The molecule has 0 saturated heterocycles. The fourth-order valence-electron chi connectivity index (χ4n) is 2.20. The van der Waals surface area contributed by atoms with Crippen LogP contribution < -0.4 is 10.3 Å². The van der Waals surface area contributed by atoms with E-state index in [1.165, 1.54) is 23.5 Å². The van der Waals surface area contributed by atoms with Gasteiger partial charge in [-0.3, -0.25) is 10.2 Å². The molecule has 2 N–H and O–H groups in total. The molecule has 0 aliphatic heterocycles. The summed E-state index contributed by atoms with van der Waals surface area (Å²) in [5.41, 5.74) is 3.61. The molecule has 0 fully saturated rings. The summed E-state index contributed by atoms with van der Waals surface area (Å²) < 4.78 is 24.6. The molecule has 0 atom stereocenters. The fraction of sp³-hybridized carbons (Fsp3) is 0.0588. The minimum atomic E-state index is -3.98. The third-order valence-electron chi connectivity index (χ3n) is 3.45. The predicted octanol–water partition coefficient (Wildman–Crippen LogP) is 3.40. The number of nitrogens with zero attached hydrogens (tertiary/aromatic N) is 1. The summed E-state index contributed by atoms with van der Waals surface area (Å²) in [7, 11) is -3.98. The number of rotatable bonds is 5. The first kappa shape index (κ1) is 18.5. The second kappa shape index (κ2) is 7.55. The molecule has 0 aliphatic carbocycles. The highest BCUT2D eigenvalue weighted by Crippen LogP contribution is 2.27. The Morgan fingerprint density at radius 3 is 2.42 bits per heavy atom. The Labute approximate surface area is 159 Å². The number of carbonyl (C=O) groups excluding carboxylic acids is 1. The first-order chi connectivity index (χ1) is 12.4. The van der Waals surface area contributed by atoms with Gasteiger partial charge in [0.15, 0.2) is 0 Å². The number of benzene rings is 2. The molecule has 0 aliphatic rings. The molecule has 0 saturated carbocycles. The minimum Gasteiger partial charge on any atom is -0.273 e. The Morgan fingerprint density at radius 1 is 1.08 bits per heavy atom. The molecule has 0 bridgehead atoms. The van der Waals surface area contributed by atoms with E-state index in [1.807, 2.05) is 30.3 Å². The second-order valence-corrected chi connectivity index (χ2v) is 8.35. The van der Waals surface area contributed by atoms with Crippen LogP contribution in [0.3, 0.4) is 0 Å². The zero-order valence-electron chi connectivity index (χ0n) is 13.6. The number of aromatic nitrogens is 1. The Morgan fingerprint density at radius 2 is 1.73 bits per heavy atom. The van der Waals surface area contributed by atoms with Gasteiger partial charge in [-0.05, 0) is 19.1 Å². The van der Waals surface area contributed by atoms with Gasteiger partial charge in [0.2, 0.25) is 0 Å². The number of thiazole rings is 1. The number of carbonyl (C=O) groups is 1. The lowest BCUT2D eigenvalue weighted by atomic mass is 10.2. The number of sulfonamides is 1. The summed E-state index contributed by atoms with van der Waals surface area (Å²) in [6.45, 7) is 1.69. The van der Waals surface area contributed by atoms with E-state index >= 15 is 0 Å². The monoisotopic (exact) mass is 407 g/mol. The Kier molecular flexibility index (Phi) is 5.38. The summed E-state index contributed by atoms with van der Waals surface area (Å²) >= 11 is 7.08. The molecule has 2 aromatic carbocycles. The summed E-state index contributed by atoms with van der Waals surface area (Å²) in [4.78, 5) is 19.0. The molecule has 0 unspecified atom stereocenters. The summed E-state index contributed by atoms with van der Waals surface area (Å²) in [5.74, 6) is -0.585. The van der Waals surface area contributed by atoms with Gasteiger partial charge in [0.25, 0.3) is 15.9 Å². The maximum Gasteiger partial charge on any atom is 0.278 e. The van der Waals surface area contributed by atoms with Crippen LogP contribution in [-0.2, 0) is 10.0 Å². The van der Waals surface area contributed by atoms with E-state index in [-0.39, 0.29) is 9.92 Å². The maximum atomic E-state index is 12.4. The number of nitrogens with one attached hydrogen (secondary N) is 2. The minimum absolute atomic E-state index is 0.0644. The summed E-state index contributed by atoms with van der Waals surface area (Å²) in [6.07, 6.45) is 0. The van der Waals surface area contributed by atoms with Gasteiger partial charge in [-0.2, -0.15) is 0 Å². The van der Waals surface area contributed by atoms with Crippen molar-refractivity contribution < 1.29 is 13.2 Å². The molecule has 134 valence electrons. The second-order valence-electron chi connectivity index (χ2n) is 5.29. The first-order valence-electron chi connectivity index (χ1n) is 7.48. The van der Waals surface area contributed by atoms with Crippen LogP contribution in [0.15, 0.2) is 59.5 Å². The van der Waals surface area contributed by atoms with Gasteiger partial charge in [0.05, 0.1) is 10.7 Å². The Hall–Kier alpha value is -2.26. The van der Waals surface area contributed by atoms with Crippen molar-refractivity contribution in [1.82, 2.24) is 15.2 Å². The van der Waals surface area contributed by atoms with Crippen molar-refractivity contribution in [2.45, 2.75) is 11.8 Å². The number of aryl methyl sites for hydroxylation is 1. The van der Waals surface area contributed by atoms with Crippen LogP contribution in [0.2, 0.25) is 5.02 Å². The largest absolute Gasteiger partial charge is 0.278 e. The molecule has 1 amide bonds. The molecular formula is C17H14ClN3O3S2. The van der Waals surface area contributed by atoms with E-state index < -0.39 is 15.9 Å². The van der Waals surface area contributed by atoms with Crippen LogP contribution >= 0.6 is 22.9 Å². The summed E-state index contributed by atoms with van der Waals surface area (Å²) in [5, 5.41) is 0.747. The van der Waals surface area contributed by atoms with E-state index in [0.717, 1.165) is 5.56 Å². The number of hydrazine groups is 1. The Balaban J connectivity index is 1.77. The van der Waals surface area contributed by atoms with Crippen molar-refractivity contribution in [3.05, 3.63) is 70.2 Å². The number of amides is 1. The van der Waals surface area contributed by atoms with Gasteiger partial charge in [-0.15, -0.1) is 16.2 Å². The van der Waals surface area contributed by atoms with Crippen LogP contribution in [0.25, 0.3) is 10.6 Å². The van der Waals surface area contributed by atoms with Gasteiger partial charge in [-0.25, -0.2) is 13.4 Å². The van der Waals surface area contributed by atoms with Gasteiger partial charge >= 0.3 is 0 Å². The molecule has 1 heterocycles. The van der Waals surface area contributed by atoms with Gasteiger partial charge in [0, 0.05) is 5.56 Å². The van der Waals surface area contributed by atoms with Crippen molar-refractivity contribution in [3.8, 4) is 10.6 Å². The molecule has 26 heavy (non-hydrogen) atoms. The molecule has 6 nitrogen and oxygen atoms in total. The van der Waals surface area contributed by atoms with E-state index in [4.69, 9.17) is 11.6 Å². The van der Waals surface area contributed by atoms with Crippen LogP contribution in [0, 0.1) is 6.92 Å². The SMILES string of the molecule is Cc1nc(-c2ccccc2)sc1C(=O)NNS(=O)(=O)c1ccccc1Cl. The van der Waals surface area contributed by atoms with E-state index in [9.17, 15) is 13.2 Å². The molecule has 0 radical (unpaired) electrons. The van der Waals surface area contributed by atoms with E-state index in [0.29, 0.717) is 15.6 Å². The van der Waals surface area contributed by atoms with E-state index in [1.54, 1.807) is 19.1 Å². The number of halogens is 1. The topological polar surface area (TPSA) is 88.2 Å². The zero-order valence-corrected chi connectivity index (χ0v) is 16.0. The number of hydrogen-bond donors (Lipinski definition) is 2. The molecule has 9 heteroatoms. The lowest BCUT2D eigenvalue weighted by molar-refractivity contribution is 0.0948.